The number of rotatable bonds is 3. The highest BCUT2D eigenvalue weighted by atomic mass is 16.5. The smallest absolute Gasteiger partial charge is 0.330 e. The number of H-pyrrole nitrogens is 1. The van der Waals surface area contributed by atoms with E-state index in [2.05, 4.69) is 11.6 Å². The third-order valence-electron chi connectivity index (χ3n) is 3.12. The van der Waals surface area contributed by atoms with Crippen LogP contribution in [0.5, 0.6) is 0 Å². The molecule has 0 amide bonds. The normalized spacial score (nSPS) is 26.6. The van der Waals surface area contributed by atoms with E-state index in [9.17, 15) is 14.7 Å². The highest BCUT2D eigenvalue weighted by molar-refractivity contribution is 5.59. The van der Waals surface area contributed by atoms with Crippen LogP contribution in [0, 0.1) is 0 Å². The number of nitrogens with zero attached hydrogens (tertiary/aromatic N) is 1. The fourth-order valence-corrected chi connectivity index (χ4v) is 2.05. The van der Waals surface area contributed by atoms with E-state index in [0.29, 0.717) is 5.57 Å². The first kappa shape index (κ1) is 13.7. The van der Waals surface area contributed by atoms with Gasteiger partial charge in [0.1, 0.15) is 12.3 Å². The van der Waals surface area contributed by atoms with E-state index >= 15 is 0 Å². The highest BCUT2D eigenvalue weighted by Crippen LogP contribution is 2.27. The van der Waals surface area contributed by atoms with E-state index in [-0.39, 0.29) is 18.6 Å². The fourth-order valence-electron chi connectivity index (χ4n) is 2.05. The van der Waals surface area contributed by atoms with Crippen LogP contribution in [0.4, 0.5) is 0 Å². The molecule has 1 fully saturated rings. The zero-order valence-electron chi connectivity index (χ0n) is 10.5. The predicted octanol–water partition coefficient (Wildman–Crippen LogP) is -0.790. The standard InChI is InChI=1S/C12H16N2O5/c1-6(2)7-4-14(12(18)13-11(7)17)10-3-8(16)9(5-15)19-10/h4,8-10,15-16H,1,3,5H2,2H3,(H,13,17,18)/t8?,9-,10-/m0/s1. The number of ether oxygens (including phenoxy) is 1. The molecule has 0 bridgehead atoms. The molecule has 7 nitrogen and oxygen atoms in total. The van der Waals surface area contributed by atoms with E-state index in [1.807, 2.05) is 0 Å². The van der Waals surface area contributed by atoms with E-state index in [4.69, 9.17) is 9.84 Å². The Balaban J connectivity index is 2.41. The molecular weight excluding hydrogens is 252 g/mol. The van der Waals surface area contributed by atoms with Crippen molar-refractivity contribution in [1.82, 2.24) is 9.55 Å². The Kier molecular flexibility index (Phi) is 3.70. The number of aromatic nitrogens is 2. The molecule has 2 heterocycles. The topological polar surface area (TPSA) is 105 Å². The Labute approximate surface area is 108 Å². The summed E-state index contributed by atoms with van der Waals surface area (Å²) in [7, 11) is 0. The van der Waals surface area contributed by atoms with Crippen LogP contribution in [0.25, 0.3) is 5.57 Å². The maximum absolute atomic E-state index is 11.8. The zero-order chi connectivity index (χ0) is 14.2. The average molecular weight is 268 g/mol. The number of aromatic amines is 1. The van der Waals surface area contributed by atoms with Crippen LogP contribution in [0.2, 0.25) is 0 Å². The van der Waals surface area contributed by atoms with Crippen molar-refractivity contribution >= 4 is 5.57 Å². The van der Waals surface area contributed by atoms with Crippen molar-refractivity contribution in [3.8, 4) is 0 Å². The minimum atomic E-state index is -0.845. The fraction of sp³-hybridized carbons (Fsp3) is 0.500. The average Bonchev–Trinajstić information content (AvgIpc) is 2.69. The van der Waals surface area contributed by atoms with Crippen LogP contribution in [-0.4, -0.2) is 38.6 Å². The lowest BCUT2D eigenvalue weighted by molar-refractivity contribution is -0.0459. The van der Waals surface area contributed by atoms with Gasteiger partial charge in [-0.2, -0.15) is 0 Å². The Hall–Kier alpha value is -1.70. The summed E-state index contributed by atoms with van der Waals surface area (Å²) in [6.07, 6.45) is -0.748. The molecule has 0 aromatic carbocycles. The molecule has 1 unspecified atom stereocenters. The summed E-state index contributed by atoms with van der Waals surface area (Å²) >= 11 is 0. The van der Waals surface area contributed by atoms with Gasteiger partial charge in [0.2, 0.25) is 0 Å². The molecule has 1 aromatic rings. The minimum Gasteiger partial charge on any atom is -0.394 e. The third-order valence-corrected chi connectivity index (χ3v) is 3.12. The quantitative estimate of drug-likeness (QED) is 0.666. The van der Waals surface area contributed by atoms with Gasteiger partial charge < -0.3 is 14.9 Å². The molecule has 3 N–H and O–H groups in total. The van der Waals surface area contributed by atoms with E-state index in [1.165, 1.54) is 10.8 Å². The maximum Gasteiger partial charge on any atom is 0.330 e. The lowest BCUT2D eigenvalue weighted by Crippen LogP contribution is -2.34. The molecule has 0 aliphatic carbocycles. The second-order valence-electron chi connectivity index (χ2n) is 4.60. The molecule has 2 rings (SSSR count). The Bertz CT molecular complexity index is 603. The molecule has 0 spiro atoms. The van der Waals surface area contributed by atoms with Crippen molar-refractivity contribution < 1.29 is 14.9 Å². The van der Waals surface area contributed by atoms with Crippen LogP contribution in [-0.2, 0) is 4.74 Å². The summed E-state index contributed by atoms with van der Waals surface area (Å²) in [6.45, 7) is 4.99. The molecule has 104 valence electrons. The summed E-state index contributed by atoms with van der Waals surface area (Å²) in [5, 5.41) is 18.7. The summed E-state index contributed by atoms with van der Waals surface area (Å²) in [6, 6.07) is 0. The number of hydrogen-bond donors (Lipinski definition) is 3. The zero-order valence-corrected chi connectivity index (χ0v) is 10.5. The second-order valence-corrected chi connectivity index (χ2v) is 4.60. The van der Waals surface area contributed by atoms with Crippen molar-refractivity contribution in [3.63, 3.8) is 0 Å². The molecular formula is C12H16N2O5. The lowest BCUT2D eigenvalue weighted by Gasteiger charge is -2.15. The van der Waals surface area contributed by atoms with Crippen LogP contribution < -0.4 is 11.2 Å². The Morgan fingerprint density at radius 2 is 2.32 bits per heavy atom. The van der Waals surface area contributed by atoms with Crippen molar-refractivity contribution in [2.45, 2.75) is 31.8 Å². The molecule has 0 saturated carbocycles. The van der Waals surface area contributed by atoms with Gasteiger partial charge in [-0.05, 0) is 12.5 Å². The summed E-state index contributed by atoms with van der Waals surface area (Å²) < 4.78 is 6.57. The van der Waals surface area contributed by atoms with Gasteiger partial charge in [0.15, 0.2) is 0 Å². The van der Waals surface area contributed by atoms with Gasteiger partial charge in [0.05, 0.1) is 18.3 Å². The monoisotopic (exact) mass is 268 g/mol. The number of hydrogen-bond acceptors (Lipinski definition) is 5. The highest BCUT2D eigenvalue weighted by Gasteiger charge is 2.35. The maximum atomic E-state index is 11.8. The SMILES string of the molecule is C=C(C)c1cn([C@@H]2CC(O)[C@H](CO)O2)c(=O)[nH]c1=O. The first-order chi connectivity index (χ1) is 8.93. The molecule has 3 atom stereocenters. The molecule has 0 radical (unpaired) electrons. The first-order valence-corrected chi connectivity index (χ1v) is 5.89. The Morgan fingerprint density at radius 3 is 2.84 bits per heavy atom. The number of allylic oxidation sites excluding steroid dienone is 1. The number of nitrogens with one attached hydrogen (secondary N) is 1. The number of aliphatic hydroxyl groups excluding tert-OH is 2. The molecule has 7 heteroatoms. The number of aliphatic hydroxyl groups is 2. The Morgan fingerprint density at radius 1 is 1.63 bits per heavy atom. The molecule has 1 aliphatic rings. The van der Waals surface area contributed by atoms with Gasteiger partial charge in [0, 0.05) is 12.6 Å². The summed E-state index contributed by atoms with van der Waals surface area (Å²) in [4.78, 5) is 25.5. The van der Waals surface area contributed by atoms with Crippen LogP contribution >= 0.6 is 0 Å². The van der Waals surface area contributed by atoms with Crippen LogP contribution in [0.1, 0.15) is 25.1 Å². The second kappa shape index (κ2) is 5.12. The van der Waals surface area contributed by atoms with Crippen molar-refractivity contribution in [2.75, 3.05) is 6.61 Å². The van der Waals surface area contributed by atoms with Crippen LogP contribution in [0.3, 0.4) is 0 Å². The van der Waals surface area contributed by atoms with Gasteiger partial charge in [0.25, 0.3) is 5.56 Å². The van der Waals surface area contributed by atoms with Gasteiger partial charge in [-0.15, -0.1) is 0 Å². The lowest BCUT2D eigenvalue weighted by atomic mass is 10.2. The van der Waals surface area contributed by atoms with E-state index in [0.717, 1.165) is 0 Å². The van der Waals surface area contributed by atoms with Gasteiger partial charge in [-0.3, -0.25) is 14.3 Å². The summed E-state index contributed by atoms with van der Waals surface area (Å²) in [5.74, 6) is 0. The first-order valence-electron chi connectivity index (χ1n) is 5.89. The van der Waals surface area contributed by atoms with Crippen molar-refractivity contribution in [1.29, 1.82) is 0 Å². The van der Waals surface area contributed by atoms with E-state index in [1.54, 1.807) is 6.92 Å². The minimum absolute atomic E-state index is 0.173. The van der Waals surface area contributed by atoms with Gasteiger partial charge >= 0.3 is 5.69 Å². The third kappa shape index (κ3) is 2.53. The molecule has 1 saturated heterocycles. The van der Waals surface area contributed by atoms with Gasteiger partial charge in [-0.1, -0.05) is 6.58 Å². The van der Waals surface area contributed by atoms with Gasteiger partial charge in [-0.25, -0.2) is 4.79 Å². The van der Waals surface area contributed by atoms with Crippen LogP contribution in [0.15, 0.2) is 22.4 Å². The predicted molar refractivity (Wildman–Crippen MR) is 67.7 cm³/mol. The van der Waals surface area contributed by atoms with E-state index < -0.39 is 29.7 Å². The molecule has 1 aliphatic heterocycles. The van der Waals surface area contributed by atoms with Crippen molar-refractivity contribution in [3.05, 3.63) is 39.2 Å². The molecule has 1 aromatic heterocycles. The largest absolute Gasteiger partial charge is 0.394 e. The van der Waals surface area contributed by atoms with Crippen molar-refractivity contribution in [2.24, 2.45) is 0 Å². The molecule has 19 heavy (non-hydrogen) atoms. The summed E-state index contributed by atoms with van der Waals surface area (Å²) in [5.41, 5.74) is -0.325.